The average Bonchev–Trinajstić information content (AvgIpc) is 2.85. The highest BCUT2D eigenvalue weighted by molar-refractivity contribution is 7.89. The minimum Gasteiger partial charge on any atom is -0.457 e. The van der Waals surface area contributed by atoms with Gasteiger partial charge in [-0.25, -0.2) is 12.8 Å². The lowest BCUT2D eigenvalue weighted by molar-refractivity contribution is 0.0730. The van der Waals surface area contributed by atoms with Gasteiger partial charge in [0, 0.05) is 25.2 Å². The number of nitrogens with zero attached hydrogens (tertiary/aromatic N) is 1. The Morgan fingerprint density at radius 3 is 2.09 bits per heavy atom. The molecule has 0 spiro atoms. The number of nitrogens with one attached hydrogen (secondary N) is 1. The van der Waals surface area contributed by atoms with Crippen LogP contribution in [0.4, 0.5) is 4.39 Å². The molecule has 3 aromatic rings. The van der Waals surface area contributed by atoms with Crippen LogP contribution in [0.3, 0.4) is 0 Å². The summed E-state index contributed by atoms with van der Waals surface area (Å²) in [6, 6.07) is 18.8. The average molecular weight is 471 g/mol. The predicted molar refractivity (Wildman–Crippen MR) is 120 cm³/mol. The minimum atomic E-state index is -3.60. The first kappa shape index (κ1) is 22.9. The van der Waals surface area contributed by atoms with Crippen LogP contribution in [-0.2, 0) is 21.3 Å². The molecular formula is C24H23FN2O5S. The standard InChI is InChI=1S/C24H23FN2O5S/c25-20-5-9-22(10-6-20)32-21-7-1-18(2-8-21)17-26-24(28)19-3-11-23(12-4-19)33(29,30)27-13-15-31-16-14-27/h1-12H,13-17H2,(H,26,28). The van der Waals surface area contributed by atoms with Crippen molar-refractivity contribution in [1.82, 2.24) is 9.62 Å². The maximum absolute atomic E-state index is 13.0. The topological polar surface area (TPSA) is 84.9 Å². The molecule has 9 heteroatoms. The number of hydrogen-bond donors (Lipinski definition) is 1. The fraction of sp³-hybridized carbons (Fsp3) is 0.208. The molecule has 0 unspecified atom stereocenters. The lowest BCUT2D eigenvalue weighted by atomic mass is 10.2. The van der Waals surface area contributed by atoms with Gasteiger partial charge in [0.25, 0.3) is 5.91 Å². The first-order chi connectivity index (χ1) is 15.9. The van der Waals surface area contributed by atoms with Gasteiger partial charge in [-0.1, -0.05) is 12.1 Å². The molecular weight excluding hydrogens is 447 g/mol. The summed E-state index contributed by atoms with van der Waals surface area (Å²) in [4.78, 5) is 12.6. The van der Waals surface area contributed by atoms with Crippen LogP contribution in [-0.4, -0.2) is 44.9 Å². The van der Waals surface area contributed by atoms with E-state index in [1.54, 1.807) is 24.3 Å². The largest absolute Gasteiger partial charge is 0.457 e. The molecule has 1 N–H and O–H groups in total. The SMILES string of the molecule is O=C(NCc1ccc(Oc2ccc(F)cc2)cc1)c1ccc(S(=O)(=O)N2CCOCC2)cc1. The first-order valence-corrected chi connectivity index (χ1v) is 11.8. The van der Waals surface area contributed by atoms with Crippen molar-refractivity contribution >= 4 is 15.9 Å². The Hall–Kier alpha value is -3.27. The molecule has 0 bridgehead atoms. The highest BCUT2D eigenvalue weighted by Crippen LogP contribution is 2.22. The Morgan fingerprint density at radius 2 is 1.48 bits per heavy atom. The van der Waals surface area contributed by atoms with Gasteiger partial charge in [0.2, 0.25) is 10.0 Å². The summed E-state index contributed by atoms with van der Waals surface area (Å²) in [5.74, 6) is 0.476. The van der Waals surface area contributed by atoms with E-state index in [2.05, 4.69) is 5.32 Å². The molecule has 1 amide bonds. The third kappa shape index (κ3) is 5.75. The van der Waals surface area contributed by atoms with Gasteiger partial charge in [-0.05, 0) is 66.2 Å². The van der Waals surface area contributed by atoms with Crippen LogP contribution < -0.4 is 10.1 Å². The number of rotatable bonds is 7. The zero-order valence-corrected chi connectivity index (χ0v) is 18.6. The van der Waals surface area contributed by atoms with E-state index in [-0.39, 0.29) is 16.6 Å². The summed E-state index contributed by atoms with van der Waals surface area (Å²) in [6.07, 6.45) is 0. The third-order valence-corrected chi connectivity index (χ3v) is 7.06. The Balaban J connectivity index is 1.32. The van der Waals surface area contributed by atoms with Crippen molar-refractivity contribution < 1.29 is 27.1 Å². The summed E-state index contributed by atoms with van der Waals surface area (Å²) in [5.41, 5.74) is 1.23. The van der Waals surface area contributed by atoms with Crippen LogP contribution in [0, 0.1) is 5.82 Å². The van der Waals surface area contributed by atoms with Crippen LogP contribution in [0.1, 0.15) is 15.9 Å². The van der Waals surface area contributed by atoms with E-state index < -0.39 is 10.0 Å². The predicted octanol–water partition coefficient (Wildman–Crippen LogP) is 3.57. The first-order valence-electron chi connectivity index (χ1n) is 10.4. The zero-order chi connectivity index (χ0) is 23.3. The molecule has 33 heavy (non-hydrogen) atoms. The van der Waals surface area contributed by atoms with E-state index in [9.17, 15) is 17.6 Å². The quantitative estimate of drug-likeness (QED) is 0.571. The van der Waals surface area contributed by atoms with Crippen molar-refractivity contribution in [1.29, 1.82) is 0 Å². The number of halogens is 1. The molecule has 3 aromatic carbocycles. The number of morpholine rings is 1. The second kappa shape index (κ2) is 10.1. The van der Waals surface area contributed by atoms with Crippen molar-refractivity contribution in [3.63, 3.8) is 0 Å². The molecule has 1 fully saturated rings. The molecule has 172 valence electrons. The number of carbonyl (C=O) groups is 1. The fourth-order valence-corrected chi connectivity index (χ4v) is 4.72. The molecule has 0 aliphatic carbocycles. The van der Waals surface area contributed by atoms with Crippen LogP contribution in [0.2, 0.25) is 0 Å². The molecule has 0 saturated carbocycles. The van der Waals surface area contributed by atoms with Gasteiger partial charge in [-0.3, -0.25) is 4.79 Å². The van der Waals surface area contributed by atoms with Crippen LogP contribution in [0.5, 0.6) is 11.5 Å². The maximum Gasteiger partial charge on any atom is 0.251 e. The Kier molecular flexibility index (Phi) is 7.02. The normalized spacial score (nSPS) is 14.6. The van der Waals surface area contributed by atoms with Crippen LogP contribution in [0.25, 0.3) is 0 Å². The summed E-state index contributed by atoms with van der Waals surface area (Å²) < 4.78 is 50.6. The van der Waals surface area contributed by atoms with E-state index >= 15 is 0 Å². The number of sulfonamides is 1. The summed E-state index contributed by atoms with van der Waals surface area (Å²) in [7, 11) is -3.60. The maximum atomic E-state index is 13.0. The molecule has 0 aromatic heterocycles. The number of hydrogen-bond acceptors (Lipinski definition) is 5. The highest BCUT2D eigenvalue weighted by atomic mass is 32.2. The Bertz CT molecular complexity index is 1190. The number of carbonyl (C=O) groups excluding carboxylic acids is 1. The second-order valence-corrected chi connectivity index (χ2v) is 9.36. The smallest absolute Gasteiger partial charge is 0.251 e. The molecule has 4 rings (SSSR count). The molecule has 1 aliphatic rings. The van der Waals surface area contributed by atoms with Crippen LogP contribution in [0.15, 0.2) is 77.7 Å². The van der Waals surface area contributed by atoms with Crippen molar-refractivity contribution in [2.24, 2.45) is 0 Å². The van der Waals surface area contributed by atoms with Gasteiger partial charge < -0.3 is 14.8 Å². The van der Waals surface area contributed by atoms with E-state index in [4.69, 9.17) is 9.47 Å². The summed E-state index contributed by atoms with van der Waals surface area (Å²) >= 11 is 0. The number of ether oxygens (including phenoxy) is 2. The summed E-state index contributed by atoms with van der Waals surface area (Å²) in [5, 5.41) is 2.81. The molecule has 0 atom stereocenters. The molecule has 1 heterocycles. The molecule has 7 nitrogen and oxygen atoms in total. The fourth-order valence-electron chi connectivity index (χ4n) is 3.31. The van der Waals surface area contributed by atoms with E-state index in [1.807, 2.05) is 12.1 Å². The minimum absolute atomic E-state index is 0.151. The van der Waals surface area contributed by atoms with Gasteiger partial charge in [0.1, 0.15) is 17.3 Å². The van der Waals surface area contributed by atoms with Crippen LogP contribution >= 0.6 is 0 Å². The monoisotopic (exact) mass is 470 g/mol. The van der Waals surface area contributed by atoms with Crippen molar-refractivity contribution in [3.8, 4) is 11.5 Å². The lowest BCUT2D eigenvalue weighted by Gasteiger charge is -2.26. The Labute approximate surface area is 191 Å². The van der Waals surface area contributed by atoms with Gasteiger partial charge in [-0.15, -0.1) is 0 Å². The zero-order valence-electron chi connectivity index (χ0n) is 17.7. The van der Waals surface area contributed by atoms with Gasteiger partial charge in [-0.2, -0.15) is 4.31 Å². The van der Waals surface area contributed by atoms with Gasteiger partial charge in [0.15, 0.2) is 0 Å². The summed E-state index contributed by atoms with van der Waals surface area (Å²) in [6.45, 7) is 1.68. The molecule has 0 radical (unpaired) electrons. The second-order valence-electron chi connectivity index (χ2n) is 7.42. The molecule has 1 saturated heterocycles. The van der Waals surface area contributed by atoms with E-state index in [0.29, 0.717) is 49.9 Å². The lowest BCUT2D eigenvalue weighted by Crippen LogP contribution is -2.40. The van der Waals surface area contributed by atoms with Crippen molar-refractivity contribution in [2.45, 2.75) is 11.4 Å². The highest BCUT2D eigenvalue weighted by Gasteiger charge is 2.26. The third-order valence-electron chi connectivity index (χ3n) is 5.15. The van der Waals surface area contributed by atoms with Gasteiger partial charge >= 0.3 is 0 Å². The van der Waals surface area contributed by atoms with Crippen molar-refractivity contribution in [2.75, 3.05) is 26.3 Å². The van der Waals surface area contributed by atoms with E-state index in [1.165, 1.54) is 40.7 Å². The number of benzene rings is 3. The Morgan fingerprint density at radius 1 is 0.909 bits per heavy atom. The van der Waals surface area contributed by atoms with Crippen molar-refractivity contribution in [3.05, 3.63) is 89.7 Å². The molecule has 1 aliphatic heterocycles. The van der Waals surface area contributed by atoms with Gasteiger partial charge in [0.05, 0.1) is 18.1 Å². The number of amides is 1. The van der Waals surface area contributed by atoms with E-state index in [0.717, 1.165) is 5.56 Å².